The summed E-state index contributed by atoms with van der Waals surface area (Å²) in [5.41, 5.74) is 0.218. The van der Waals surface area contributed by atoms with Crippen molar-refractivity contribution in [2.75, 3.05) is 19.6 Å². The van der Waals surface area contributed by atoms with E-state index in [9.17, 15) is 4.79 Å². The summed E-state index contributed by atoms with van der Waals surface area (Å²) in [4.78, 5) is 11.6. The minimum Gasteiger partial charge on any atom is -0.356 e. The summed E-state index contributed by atoms with van der Waals surface area (Å²) in [6.07, 6.45) is 0.643. The molecule has 1 saturated heterocycles. The van der Waals surface area contributed by atoms with E-state index < -0.39 is 0 Å². The Labute approximate surface area is 105 Å². The lowest BCUT2D eigenvalue weighted by Gasteiger charge is -2.29. The second-order valence-corrected chi connectivity index (χ2v) is 5.80. The second-order valence-electron chi connectivity index (χ2n) is 5.80. The van der Waals surface area contributed by atoms with E-state index >= 15 is 0 Å². The smallest absolute Gasteiger partial charge is 0.220 e. The second kappa shape index (κ2) is 6.45. The van der Waals surface area contributed by atoms with Crippen molar-refractivity contribution in [3.63, 3.8) is 0 Å². The van der Waals surface area contributed by atoms with Gasteiger partial charge in [0, 0.05) is 32.0 Å². The van der Waals surface area contributed by atoms with Crippen molar-refractivity contribution in [2.45, 2.75) is 34.1 Å². The maximum Gasteiger partial charge on any atom is 0.220 e. The largest absolute Gasteiger partial charge is 0.356 e. The van der Waals surface area contributed by atoms with Crippen LogP contribution in [0.1, 0.15) is 34.1 Å². The van der Waals surface area contributed by atoms with Gasteiger partial charge in [0.2, 0.25) is 5.91 Å². The van der Waals surface area contributed by atoms with Gasteiger partial charge in [-0.25, -0.2) is 0 Å². The molecule has 0 radical (unpaired) electrons. The van der Waals surface area contributed by atoms with Crippen molar-refractivity contribution < 1.29 is 4.79 Å². The molecule has 3 nitrogen and oxygen atoms in total. The maximum atomic E-state index is 11.6. The van der Waals surface area contributed by atoms with Crippen LogP contribution in [0.25, 0.3) is 0 Å². The summed E-state index contributed by atoms with van der Waals surface area (Å²) >= 11 is 0. The molecule has 1 aliphatic heterocycles. The molecule has 0 bridgehead atoms. The van der Waals surface area contributed by atoms with Crippen LogP contribution in [0, 0.1) is 17.3 Å². The number of carbonyl (C=O) groups is 1. The summed E-state index contributed by atoms with van der Waals surface area (Å²) in [6, 6.07) is 0. The zero-order valence-electron chi connectivity index (χ0n) is 10.8. The highest BCUT2D eigenvalue weighted by atomic mass is 35.5. The molecule has 1 rings (SSSR count). The average Bonchev–Trinajstić information content (AvgIpc) is 1.99. The molecule has 0 saturated carbocycles. The molecule has 4 heteroatoms. The van der Waals surface area contributed by atoms with Crippen molar-refractivity contribution >= 4 is 18.3 Å². The monoisotopic (exact) mass is 248 g/mol. The number of carbonyl (C=O) groups excluding carboxylic acids is 1. The third kappa shape index (κ3) is 5.17. The van der Waals surface area contributed by atoms with Crippen LogP contribution in [-0.4, -0.2) is 25.5 Å². The van der Waals surface area contributed by atoms with Gasteiger partial charge in [-0.2, -0.15) is 0 Å². The van der Waals surface area contributed by atoms with Crippen LogP contribution in [0.2, 0.25) is 0 Å². The Morgan fingerprint density at radius 3 is 2.38 bits per heavy atom. The van der Waals surface area contributed by atoms with Gasteiger partial charge in [-0.3, -0.25) is 4.79 Å². The van der Waals surface area contributed by atoms with Crippen molar-refractivity contribution in [1.82, 2.24) is 10.6 Å². The van der Waals surface area contributed by atoms with E-state index in [-0.39, 0.29) is 23.7 Å². The Morgan fingerprint density at radius 2 is 2.00 bits per heavy atom. The first-order valence-electron chi connectivity index (χ1n) is 5.87. The van der Waals surface area contributed by atoms with E-state index in [1.54, 1.807) is 0 Å². The summed E-state index contributed by atoms with van der Waals surface area (Å²) in [7, 11) is 0. The minimum atomic E-state index is 0. The fraction of sp³-hybridized carbons (Fsp3) is 0.917. The highest BCUT2D eigenvalue weighted by Crippen LogP contribution is 2.27. The predicted molar refractivity (Wildman–Crippen MR) is 69.9 cm³/mol. The van der Waals surface area contributed by atoms with Gasteiger partial charge in [-0.15, -0.1) is 12.4 Å². The number of halogens is 1. The zero-order chi connectivity index (χ0) is 11.5. The maximum absolute atomic E-state index is 11.6. The normalized spacial score (nSPS) is 18.2. The molecule has 16 heavy (non-hydrogen) atoms. The van der Waals surface area contributed by atoms with Crippen LogP contribution < -0.4 is 10.6 Å². The van der Waals surface area contributed by atoms with Crippen LogP contribution in [-0.2, 0) is 4.79 Å². The van der Waals surface area contributed by atoms with E-state index in [1.165, 1.54) is 0 Å². The first-order valence-corrected chi connectivity index (χ1v) is 5.87. The minimum absolute atomic E-state index is 0. The summed E-state index contributed by atoms with van der Waals surface area (Å²) in [6.45, 7) is 11.6. The quantitative estimate of drug-likeness (QED) is 0.797. The average molecular weight is 249 g/mol. The summed E-state index contributed by atoms with van der Waals surface area (Å²) < 4.78 is 0. The fourth-order valence-corrected chi connectivity index (χ4v) is 1.41. The Morgan fingerprint density at radius 1 is 1.44 bits per heavy atom. The third-order valence-corrected chi connectivity index (χ3v) is 3.42. The lowest BCUT2D eigenvalue weighted by molar-refractivity contribution is -0.122. The molecule has 1 fully saturated rings. The number of hydrogen-bond acceptors (Lipinski definition) is 2. The van der Waals surface area contributed by atoms with E-state index in [0.717, 1.165) is 19.6 Å². The molecule has 0 aromatic heterocycles. The molecule has 0 aromatic rings. The van der Waals surface area contributed by atoms with Gasteiger partial charge in [-0.05, 0) is 11.3 Å². The Kier molecular flexibility index (Phi) is 6.34. The molecular formula is C12H25ClN2O. The van der Waals surface area contributed by atoms with E-state index in [0.29, 0.717) is 18.3 Å². The zero-order valence-corrected chi connectivity index (χ0v) is 11.6. The van der Waals surface area contributed by atoms with Crippen LogP contribution in [0.3, 0.4) is 0 Å². The molecule has 1 heterocycles. The molecule has 96 valence electrons. The predicted octanol–water partition coefficient (Wildman–Crippen LogP) is 1.82. The highest BCUT2D eigenvalue weighted by Gasteiger charge is 2.23. The van der Waals surface area contributed by atoms with Crippen LogP contribution in [0.15, 0.2) is 0 Å². The van der Waals surface area contributed by atoms with Gasteiger partial charge in [0.15, 0.2) is 0 Å². The number of hydrogen-bond donors (Lipinski definition) is 2. The molecule has 0 spiro atoms. The Bertz CT molecular complexity index is 222. The van der Waals surface area contributed by atoms with Gasteiger partial charge in [0.1, 0.15) is 0 Å². The van der Waals surface area contributed by atoms with Crippen molar-refractivity contribution in [1.29, 1.82) is 0 Å². The van der Waals surface area contributed by atoms with Crippen molar-refractivity contribution in [2.24, 2.45) is 17.3 Å². The number of nitrogens with one attached hydrogen (secondary N) is 2. The van der Waals surface area contributed by atoms with E-state index in [2.05, 4.69) is 38.3 Å². The van der Waals surface area contributed by atoms with Crippen molar-refractivity contribution in [3.05, 3.63) is 0 Å². The van der Waals surface area contributed by atoms with Gasteiger partial charge >= 0.3 is 0 Å². The summed E-state index contributed by atoms with van der Waals surface area (Å²) in [5.74, 6) is 1.28. The first kappa shape index (κ1) is 15.7. The standard InChI is InChI=1S/C12H24N2O.ClH/c1-9(12(2,3)4)5-11(15)14-8-10-6-13-7-10;/h9-10,13H,5-8H2,1-4H3,(H,14,15);1H. The lowest BCUT2D eigenvalue weighted by atomic mass is 9.80. The molecule has 2 N–H and O–H groups in total. The number of amides is 1. The molecule has 0 aromatic carbocycles. The third-order valence-electron chi connectivity index (χ3n) is 3.42. The van der Waals surface area contributed by atoms with Gasteiger partial charge in [0.05, 0.1) is 0 Å². The van der Waals surface area contributed by atoms with Crippen molar-refractivity contribution in [3.8, 4) is 0 Å². The van der Waals surface area contributed by atoms with Gasteiger partial charge in [0.25, 0.3) is 0 Å². The molecular weight excluding hydrogens is 224 g/mol. The van der Waals surface area contributed by atoms with E-state index in [1.807, 2.05) is 0 Å². The first-order chi connectivity index (χ1) is 6.89. The number of rotatable bonds is 4. The molecule has 1 atom stereocenters. The van der Waals surface area contributed by atoms with Crippen LogP contribution in [0.4, 0.5) is 0 Å². The SMILES string of the molecule is CC(CC(=O)NCC1CNC1)C(C)(C)C.Cl. The summed E-state index contributed by atoms with van der Waals surface area (Å²) in [5, 5.41) is 6.21. The fourth-order valence-electron chi connectivity index (χ4n) is 1.41. The molecule has 0 aliphatic carbocycles. The van der Waals surface area contributed by atoms with E-state index in [4.69, 9.17) is 0 Å². The molecule has 1 amide bonds. The topological polar surface area (TPSA) is 41.1 Å². The molecule has 1 unspecified atom stereocenters. The highest BCUT2D eigenvalue weighted by molar-refractivity contribution is 5.85. The van der Waals surface area contributed by atoms with Gasteiger partial charge < -0.3 is 10.6 Å². The lowest BCUT2D eigenvalue weighted by Crippen LogP contribution is -2.48. The Hall–Kier alpha value is -0.280. The Balaban J connectivity index is 0.00000225. The molecule has 1 aliphatic rings. The van der Waals surface area contributed by atoms with Crippen LogP contribution in [0.5, 0.6) is 0 Å². The van der Waals surface area contributed by atoms with Gasteiger partial charge in [-0.1, -0.05) is 27.7 Å². The van der Waals surface area contributed by atoms with Crippen LogP contribution >= 0.6 is 12.4 Å².